The molecule has 3 rings (SSSR count). The van der Waals surface area contributed by atoms with Crippen molar-refractivity contribution in [1.82, 2.24) is 15.2 Å². The second-order valence-corrected chi connectivity index (χ2v) is 5.74. The second kappa shape index (κ2) is 6.95. The zero-order valence-electron chi connectivity index (χ0n) is 13.7. The van der Waals surface area contributed by atoms with Gasteiger partial charge < -0.3 is 11.1 Å². The minimum atomic E-state index is 0.394. The summed E-state index contributed by atoms with van der Waals surface area (Å²) in [7, 11) is 0. The highest BCUT2D eigenvalue weighted by atomic mass is 15.2. The summed E-state index contributed by atoms with van der Waals surface area (Å²) in [6, 6.07) is 14.2. The molecule has 0 amide bonds. The van der Waals surface area contributed by atoms with Crippen molar-refractivity contribution in [3.05, 3.63) is 65.5 Å². The van der Waals surface area contributed by atoms with E-state index in [4.69, 9.17) is 5.73 Å². The van der Waals surface area contributed by atoms with Gasteiger partial charge in [0.1, 0.15) is 6.33 Å². The first-order valence-corrected chi connectivity index (χ1v) is 7.70. The van der Waals surface area contributed by atoms with Crippen LogP contribution < -0.4 is 11.1 Å². The van der Waals surface area contributed by atoms with Gasteiger partial charge >= 0.3 is 0 Å². The van der Waals surface area contributed by atoms with Gasteiger partial charge in [-0.25, -0.2) is 9.98 Å². The Balaban J connectivity index is 1.70. The summed E-state index contributed by atoms with van der Waals surface area (Å²) < 4.78 is 0. The number of hydrogen-bond acceptors (Lipinski definition) is 3. The van der Waals surface area contributed by atoms with Gasteiger partial charge in [0.2, 0.25) is 0 Å². The molecule has 0 aliphatic carbocycles. The monoisotopic (exact) mass is 320 g/mol. The molecule has 0 radical (unpaired) electrons. The molecule has 0 bridgehead atoms. The first kappa shape index (κ1) is 15.7. The number of guanidine groups is 1. The fourth-order valence-electron chi connectivity index (χ4n) is 2.57. The van der Waals surface area contributed by atoms with E-state index < -0.39 is 0 Å². The number of rotatable bonds is 4. The van der Waals surface area contributed by atoms with E-state index in [-0.39, 0.29) is 0 Å². The molecule has 2 aromatic carbocycles. The number of aromatic amines is 1. The standard InChI is InChI=1S/C18H20N6/c1-12-6-13(2)8-16(7-12)23-18(19)20-10-14-4-3-5-15(9-14)17-21-11-22-24-17/h3-9,11H,10H2,1-2H3,(H3,19,20,23)(H,21,22,24). The Morgan fingerprint density at radius 3 is 2.67 bits per heavy atom. The number of anilines is 1. The van der Waals surface area contributed by atoms with Gasteiger partial charge in [0.15, 0.2) is 11.8 Å². The highest BCUT2D eigenvalue weighted by molar-refractivity contribution is 5.92. The van der Waals surface area contributed by atoms with Crippen molar-refractivity contribution in [2.45, 2.75) is 20.4 Å². The predicted molar refractivity (Wildman–Crippen MR) is 96.7 cm³/mol. The lowest BCUT2D eigenvalue weighted by atomic mass is 10.1. The normalized spacial score (nSPS) is 11.5. The molecule has 1 heterocycles. The van der Waals surface area contributed by atoms with Crippen LogP contribution in [0.15, 0.2) is 53.8 Å². The SMILES string of the molecule is Cc1cc(C)cc(NC(N)=NCc2cccc(-c3ncn[nH]3)c2)c1. The van der Waals surface area contributed by atoms with E-state index in [9.17, 15) is 0 Å². The molecule has 0 saturated carbocycles. The zero-order chi connectivity index (χ0) is 16.9. The van der Waals surface area contributed by atoms with Crippen molar-refractivity contribution in [1.29, 1.82) is 0 Å². The molecule has 0 saturated heterocycles. The highest BCUT2D eigenvalue weighted by Crippen LogP contribution is 2.16. The van der Waals surface area contributed by atoms with Crippen LogP contribution in [-0.4, -0.2) is 21.1 Å². The summed E-state index contributed by atoms with van der Waals surface area (Å²) in [4.78, 5) is 8.56. The molecule has 122 valence electrons. The Morgan fingerprint density at radius 2 is 1.96 bits per heavy atom. The zero-order valence-corrected chi connectivity index (χ0v) is 13.7. The van der Waals surface area contributed by atoms with E-state index in [1.54, 1.807) is 0 Å². The smallest absolute Gasteiger partial charge is 0.193 e. The van der Waals surface area contributed by atoms with E-state index >= 15 is 0 Å². The Hall–Kier alpha value is -3.15. The highest BCUT2D eigenvalue weighted by Gasteiger charge is 2.02. The third-order valence-electron chi connectivity index (χ3n) is 3.54. The number of benzene rings is 2. The molecular formula is C18H20N6. The van der Waals surface area contributed by atoms with Gasteiger partial charge in [-0.3, -0.25) is 5.10 Å². The summed E-state index contributed by atoms with van der Waals surface area (Å²) in [6.07, 6.45) is 1.49. The maximum atomic E-state index is 6.00. The van der Waals surface area contributed by atoms with Gasteiger partial charge in [0, 0.05) is 11.3 Å². The minimum absolute atomic E-state index is 0.394. The van der Waals surface area contributed by atoms with Gasteiger partial charge in [0.05, 0.1) is 6.54 Å². The van der Waals surface area contributed by atoms with E-state index in [1.807, 2.05) is 36.4 Å². The van der Waals surface area contributed by atoms with Crippen LogP contribution >= 0.6 is 0 Å². The number of aliphatic imine (C=N–C) groups is 1. The van der Waals surface area contributed by atoms with E-state index in [0.29, 0.717) is 12.5 Å². The van der Waals surface area contributed by atoms with Crippen molar-refractivity contribution in [2.24, 2.45) is 10.7 Å². The van der Waals surface area contributed by atoms with Crippen molar-refractivity contribution in [3.63, 3.8) is 0 Å². The molecule has 0 fully saturated rings. The molecule has 0 aliphatic heterocycles. The van der Waals surface area contributed by atoms with Crippen molar-refractivity contribution in [3.8, 4) is 11.4 Å². The largest absolute Gasteiger partial charge is 0.370 e. The number of nitrogens with two attached hydrogens (primary N) is 1. The molecule has 4 N–H and O–H groups in total. The molecule has 3 aromatic rings. The lowest BCUT2D eigenvalue weighted by molar-refractivity contribution is 1.06. The average molecular weight is 320 g/mol. The maximum absolute atomic E-state index is 6.00. The fraction of sp³-hybridized carbons (Fsp3) is 0.167. The third kappa shape index (κ3) is 3.98. The van der Waals surface area contributed by atoms with Gasteiger partial charge in [0.25, 0.3) is 0 Å². The van der Waals surface area contributed by atoms with Crippen molar-refractivity contribution < 1.29 is 0 Å². The molecule has 0 unspecified atom stereocenters. The topological polar surface area (TPSA) is 92.0 Å². The fourth-order valence-corrected chi connectivity index (χ4v) is 2.57. The van der Waals surface area contributed by atoms with E-state index in [0.717, 1.165) is 22.6 Å². The van der Waals surface area contributed by atoms with E-state index in [1.165, 1.54) is 17.5 Å². The molecule has 0 atom stereocenters. The lowest BCUT2D eigenvalue weighted by Crippen LogP contribution is -2.22. The van der Waals surface area contributed by atoms with Crippen LogP contribution in [0.25, 0.3) is 11.4 Å². The maximum Gasteiger partial charge on any atom is 0.193 e. The molecule has 1 aromatic heterocycles. The molecule has 0 spiro atoms. The Morgan fingerprint density at radius 1 is 1.17 bits per heavy atom. The Bertz CT molecular complexity index is 831. The number of nitrogens with one attached hydrogen (secondary N) is 2. The van der Waals surface area contributed by atoms with Crippen LogP contribution in [0.2, 0.25) is 0 Å². The molecule has 0 aliphatic rings. The molecular weight excluding hydrogens is 300 g/mol. The summed E-state index contributed by atoms with van der Waals surface area (Å²) in [6.45, 7) is 4.60. The number of aromatic nitrogens is 3. The van der Waals surface area contributed by atoms with Crippen LogP contribution in [0.4, 0.5) is 5.69 Å². The average Bonchev–Trinajstić information content (AvgIpc) is 3.07. The first-order valence-electron chi connectivity index (χ1n) is 7.70. The van der Waals surface area contributed by atoms with Crippen LogP contribution in [0, 0.1) is 13.8 Å². The molecule has 24 heavy (non-hydrogen) atoms. The quantitative estimate of drug-likeness (QED) is 0.509. The van der Waals surface area contributed by atoms with Crippen LogP contribution in [0.3, 0.4) is 0 Å². The summed E-state index contributed by atoms with van der Waals surface area (Å²) in [5, 5.41) is 9.86. The summed E-state index contributed by atoms with van der Waals surface area (Å²) in [5.74, 6) is 1.13. The first-order chi connectivity index (χ1) is 11.6. The van der Waals surface area contributed by atoms with Crippen LogP contribution in [0.5, 0.6) is 0 Å². The van der Waals surface area contributed by atoms with Crippen molar-refractivity contribution >= 4 is 11.6 Å². The van der Waals surface area contributed by atoms with Crippen LogP contribution in [0.1, 0.15) is 16.7 Å². The number of nitrogens with zero attached hydrogens (tertiary/aromatic N) is 3. The number of hydrogen-bond donors (Lipinski definition) is 3. The summed E-state index contributed by atoms with van der Waals surface area (Å²) >= 11 is 0. The van der Waals surface area contributed by atoms with Gasteiger partial charge in [-0.05, 0) is 48.7 Å². The van der Waals surface area contributed by atoms with Gasteiger partial charge in [-0.15, -0.1) is 0 Å². The summed E-state index contributed by atoms with van der Waals surface area (Å²) in [5.41, 5.74) is 11.3. The van der Waals surface area contributed by atoms with E-state index in [2.05, 4.69) is 45.4 Å². The van der Waals surface area contributed by atoms with Gasteiger partial charge in [-0.1, -0.05) is 24.3 Å². The predicted octanol–water partition coefficient (Wildman–Crippen LogP) is 3.02. The lowest BCUT2D eigenvalue weighted by Gasteiger charge is -2.08. The molecule has 6 nitrogen and oxygen atoms in total. The second-order valence-electron chi connectivity index (χ2n) is 5.74. The van der Waals surface area contributed by atoms with Crippen molar-refractivity contribution in [2.75, 3.05) is 5.32 Å². The van der Waals surface area contributed by atoms with Gasteiger partial charge in [-0.2, -0.15) is 5.10 Å². The number of aryl methyl sites for hydroxylation is 2. The number of H-pyrrole nitrogens is 1. The van der Waals surface area contributed by atoms with Crippen LogP contribution in [-0.2, 0) is 6.54 Å². The third-order valence-corrected chi connectivity index (χ3v) is 3.54. The Labute approximate surface area is 140 Å². The minimum Gasteiger partial charge on any atom is -0.370 e. The Kier molecular flexibility index (Phi) is 4.56. The molecule has 6 heteroatoms.